The molecular formula is C20H31NO2S. The lowest BCUT2D eigenvalue weighted by atomic mass is 9.96. The third kappa shape index (κ3) is 7.54. The van der Waals surface area contributed by atoms with E-state index in [4.69, 9.17) is 0 Å². The zero-order valence-corrected chi connectivity index (χ0v) is 16.4. The summed E-state index contributed by atoms with van der Waals surface area (Å²) < 4.78 is 0. The number of rotatable bonds is 10. The highest BCUT2D eigenvalue weighted by molar-refractivity contribution is 7.09. The van der Waals surface area contributed by atoms with E-state index >= 15 is 0 Å². The molecule has 4 heteroatoms. The Bertz CT molecular complexity index is 586. The first-order chi connectivity index (χ1) is 11.3. The van der Waals surface area contributed by atoms with Crippen LogP contribution in [0.5, 0.6) is 0 Å². The number of aryl methyl sites for hydroxylation is 1. The number of allylic oxidation sites excluding steroid dienone is 1. The second-order valence-electron chi connectivity index (χ2n) is 6.59. The van der Waals surface area contributed by atoms with Gasteiger partial charge in [-0.3, -0.25) is 4.79 Å². The molecule has 0 aromatic carbocycles. The van der Waals surface area contributed by atoms with Crippen molar-refractivity contribution < 1.29 is 9.90 Å². The molecule has 1 heterocycles. The molecule has 0 spiro atoms. The molecule has 24 heavy (non-hydrogen) atoms. The van der Waals surface area contributed by atoms with Gasteiger partial charge in [0, 0.05) is 17.7 Å². The van der Waals surface area contributed by atoms with Crippen molar-refractivity contribution in [1.29, 1.82) is 0 Å². The standard InChI is InChI=1S/C20H31NO2S/c1-6-19(22)15(3)9-7-8-14(2)10-11-20(23)16(4)12-18-13-24-17(5)21-18/h10,12-13,15,20,23H,6-9,11H2,1-5H3. The molecular weight excluding hydrogens is 318 g/mol. The van der Waals surface area contributed by atoms with E-state index < -0.39 is 6.10 Å². The normalized spacial score (nSPS) is 15.4. The summed E-state index contributed by atoms with van der Waals surface area (Å²) in [6, 6.07) is 0. The molecule has 3 nitrogen and oxygen atoms in total. The van der Waals surface area contributed by atoms with Crippen LogP contribution in [0.3, 0.4) is 0 Å². The van der Waals surface area contributed by atoms with Crippen molar-refractivity contribution in [3.8, 4) is 0 Å². The minimum atomic E-state index is -0.470. The predicted octanol–water partition coefficient (Wildman–Crippen LogP) is 5.34. The third-order valence-corrected chi connectivity index (χ3v) is 5.13. The molecule has 2 unspecified atom stereocenters. The minimum absolute atomic E-state index is 0.167. The molecule has 0 aliphatic carbocycles. The topological polar surface area (TPSA) is 50.2 Å². The molecule has 0 aliphatic rings. The summed E-state index contributed by atoms with van der Waals surface area (Å²) in [7, 11) is 0. The largest absolute Gasteiger partial charge is 0.388 e. The van der Waals surface area contributed by atoms with E-state index in [9.17, 15) is 9.90 Å². The van der Waals surface area contributed by atoms with Crippen LogP contribution in [0.2, 0.25) is 0 Å². The summed E-state index contributed by atoms with van der Waals surface area (Å²) in [4.78, 5) is 16.0. The van der Waals surface area contributed by atoms with Crippen molar-refractivity contribution in [3.63, 3.8) is 0 Å². The lowest BCUT2D eigenvalue weighted by Crippen LogP contribution is -2.09. The monoisotopic (exact) mass is 349 g/mol. The van der Waals surface area contributed by atoms with E-state index in [1.807, 2.05) is 39.2 Å². The van der Waals surface area contributed by atoms with Crippen molar-refractivity contribution in [2.45, 2.75) is 72.8 Å². The fourth-order valence-corrected chi connectivity index (χ4v) is 3.14. The highest BCUT2D eigenvalue weighted by atomic mass is 32.1. The summed E-state index contributed by atoms with van der Waals surface area (Å²) in [5.41, 5.74) is 3.14. The molecule has 134 valence electrons. The van der Waals surface area contributed by atoms with Gasteiger partial charge in [0.25, 0.3) is 0 Å². The van der Waals surface area contributed by atoms with Gasteiger partial charge < -0.3 is 5.11 Å². The second kappa shape index (κ2) is 10.6. The Morgan fingerprint density at radius 3 is 2.71 bits per heavy atom. The van der Waals surface area contributed by atoms with Gasteiger partial charge in [0.2, 0.25) is 0 Å². The molecule has 0 radical (unpaired) electrons. The molecule has 1 aromatic rings. The van der Waals surface area contributed by atoms with Gasteiger partial charge in [-0.05, 0) is 58.1 Å². The van der Waals surface area contributed by atoms with Gasteiger partial charge in [-0.25, -0.2) is 4.98 Å². The van der Waals surface area contributed by atoms with Crippen LogP contribution in [-0.2, 0) is 4.79 Å². The number of hydrogen-bond acceptors (Lipinski definition) is 4. The Hall–Kier alpha value is -1.26. The Balaban J connectivity index is 2.40. The number of Topliss-reactive ketones (excluding diaryl/α,β-unsaturated/α-hetero) is 1. The number of ketones is 1. The smallest absolute Gasteiger partial charge is 0.135 e. The lowest BCUT2D eigenvalue weighted by molar-refractivity contribution is -0.122. The van der Waals surface area contributed by atoms with Crippen LogP contribution < -0.4 is 0 Å². The number of aliphatic hydroxyl groups is 1. The zero-order valence-electron chi connectivity index (χ0n) is 15.6. The van der Waals surface area contributed by atoms with Crippen LogP contribution in [0, 0.1) is 12.8 Å². The first-order valence-corrected chi connectivity index (χ1v) is 9.68. The number of aliphatic hydroxyl groups excluding tert-OH is 1. The van der Waals surface area contributed by atoms with Gasteiger partial charge in [0.05, 0.1) is 16.8 Å². The third-order valence-electron chi connectivity index (χ3n) is 4.33. The van der Waals surface area contributed by atoms with E-state index in [2.05, 4.69) is 18.0 Å². The molecule has 0 saturated heterocycles. The van der Waals surface area contributed by atoms with Crippen LogP contribution in [0.1, 0.15) is 70.5 Å². The average Bonchev–Trinajstić information content (AvgIpc) is 2.96. The summed E-state index contributed by atoms with van der Waals surface area (Å²) in [6.07, 6.45) is 7.81. The second-order valence-corrected chi connectivity index (χ2v) is 7.66. The SMILES string of the molecule is CCC(=O)C(C)CCCC(C)=CCC(O)C(C)=Cc1csc(C)n1. The molecule has 0 saturated carbocycles. The van der Waals surface area contributed by atoms with Crippen LogP contribution >= 0.6 is 11.3 Å². The molecule has 1 N–H and O–H groups in total. The van der Waals surface area contributed by atoms with Crippen molar-refractivity contribution >= 4 is 23.2 Å². The van der Waals surface area contributed by atoms with Gasteiger partial charge >= 0.3 is 0 Å². The minimum Gasteiger partial charge on any atom is -0.388 e. The summed E-state index contributed by atoms with van der Waals surface area (Å²) in [6.45, 7) is 9.97. The predicted molar refractivity (Wildman–Crippen MR) is 103 cm³/mol. The lowest BCUT2D eigenvalue weighted by Gasteiger charge is -2.11. The Kier molecular flexibility index (Phi) is 9.16. The molecule has 1 rings (SSSR count). The Labute approximate surface area is 150 Å². The molecule has 0 aliphatic heterocycles. The van der Waals surface area contributed by atoms with Crippen molar-refractivity contribution in [3.05, 3.63) is 33.3 Å². The van der Waals surface area contributed by atoms with Crippen LogP contribution in [0.15, 0.2) is 22.6 Å². The average molecular weight is 350 g/mol. The number of aromatic nitrogens is 1. The van der Waals surface area contributed by atoms with Gasteiger partial charge in [0.15, 0.2) is 0 Å². The maximum absolute atomic E-state index is 11.6. The van der Waals surface area contributed by atoms with Crippen LogP contribution in [-0.4, -0.2) is 22.0 Å². The quantitative estimate of drug-likeness (QED) is 0.580. The van der Waals surface area contributed by atoms with Gasteiger partial charge in [-0.2, -0.15) is 0 Å². The summed E-state index contributed by atoms with van der Waals surface area (Å²) in [5, 5.41) is 13.3. The van der Waals surface area contributed by atoms with Gasteiger partial charge in [-0.15, -0.1) is 11.3 Å². The van der Waals surface area contributed by atoms with Crippen LogP contribution in [0.4, 0.5) is 0 Å². The van der Waals surface area contributed by atoms with E-state index in [-0.39, 0.29) is 5.92 Å². The first kappa shape index (κ1) is 20.8. The first-order valence-electron chi connectivity index (χ1n) is 8.80. The number of thiazole rings is 1. The highest BCUT2D eigenvalue weighted by Gasteiger charge is 2.10. The number of nitrogens with zero attached hydrogens (tertiary/aromatic N) is 1. The molecule has 0 fully saturated rings. The number of hydrogen-bond donors (Lipinski definition) is 1. The fraction of sp³-hybridized carbons (Fsp3) is 0.600. The van der Waals surface area contributed by atoms with Gasteiger partial charge in [0.1, 0.15) is 5.78 Å². The molecule has 2 atom stereocenters. The fourth-order valence-electron chi connectivity index (χ4n) is 2.57. The van der Waals surface area contributed by atoms with Crippen molar-refractivity contribution in [1.82, 2.24) is 4.98 Å². The van der Waals surface area contributed by atoms with Crippen molar-refractivity contribution in [2.75, 3.05) is 0 Å². The van der Waals surface area contributed by atoms with E-state index in [0.29, 0.717) is 18.6 Å². The highest BCUT2D eigenvalue weighted by Crippen LogP contribution is 2.18. The summed E-state index contributed by atoms with van der Waals surface area (Å²) in [5.74, 6) is 0.519. The number of carbonyl (C=O) groups is 1. The van der Waals surface area contributed by atoms with E-state index in [1.165, 1.54) is 5.57 Å². The molecule has 0 bridgehead atoms. The maximum atomic E-state index is 11.6. The van der Waals surface area contributed by atoms with E-state index in [0.717, 1.165) is 35.5 Å². The van der Waals surface area contributed by atoms with Crippen molar-refractivity contribution in [2.24, 2.45) is 5.92 Å². The molecule has 0 amide bonds. The van der Waals surface area contributed by atoms with Crippen LogP contribution in [0.25, 0.3) is 6.08 Å². The van der Waals surface area contributed by atoms with Gasteiger partial charge in [-0.1, -0.05) is 25.5 Å². The van der Waals surface area contributed by atoms with E-state index in [1.54, 1.807) is 11.3 Å². The Morgan fingerprint density at radius 2 is 2.12 bits per heavy atom. The maximum Gasteiger partial charge on any atom is 0.135 e. The Morgan fingerprint density at radius 1 is 1.42 bits per heavy atom. The summed E-state index contributed by atoms with van der Waals surface area (Å²) >= 11 is 1.62. The molecule has 1 aromatic heterocycles. The number of carbonyl (C=O) groups excluding carboxylic acids is 1. The zero-order chi connectivity index (χ0) is 18.1.